The van der Waals surface area contributed by atoms with Crippen LogP contribution in [0.15, 0.2) is 91.1 Å². The molecule has 6 amide bonds. The zero-order valence-corrected chi connectivity index (χ0v) is 29.6. The maximum atomic E-state index is 14.2. The monoisotopic (exact) mass is 737 g/mol. The number of carboxylic acid groups (broad SMARTS) is 1. The predicted octanol–water partition coefficient (Wildman–Crippen LogP) is 0.634. The summed E-state index contributed by atoms with van der Waals surface area (Å²) >= 11 is 0. The lowest BCUT2D eigenvalue weighted by Crippen LogP contribution is -2.60. The van der Waals surface area contributed by atoms with Gasteiger partial charge in [-0.1, -0.05) is 78.9 Å². The number of carbonyl (C=O) groups excluding carboxylic acids is 6. The Morgan fingerprint density at radius 1 is 0.759 bits per heavy atom. The normalized spacial score (nSPS) is 20.3. The van der Waals surface area contributed by atoms with E-state index in [1.54, 1.807) is 6.20 Å². The van der Waals surface area contributed by atoms with Gasteiger partial charge in [-0.25, -0.2) is 0 Å². The Hall–Kier alpha value is -6.51. The van der Waals surface area contributed by atoms with Crippen LogP contribution >= 0.6 is 0 Å². The number of hydrogen-bond donors (Lipinski definition) is 8. The highest BCUT2D eigenvalue weighted by atomic mass is 16.4. The summed E-state index contributed by atoms with van der Waals surface area (Å²) < 4.78 is 0. The number of aliphatic carboxylic acids is 1. The predicted molar refractivity (Wildman–Crippen MR) is 198 cm³/mol. The summed E-state index contributed by atoms with van der Waals surface area (Å²) in [7, 11) is 0. The number of aromatic amines is 1. The van der Waals surface area contributed by atoms with Gasteiger partial charge in [0.05, 0.1) is 18.9 Å². The summed E-state index contributed by atoms with van der Waals surface area (Å²) in [5, 5.41) is 26.1. The summed E-state index contributed by atoms with van der Waals surface area (Å²) in [6, 6.07) is 19.7. The molecule has 2 heterocycles. The molecule has 1 aliphatic heterocycles. The third-order valence-corrected chi connectivity index (χ3v) is 8.96. The molecule has 0 bridgehead atoms. The molecule has 0 spiro atoms. The largest absolute Gasteiger partial charge is 0.481 e. The average molecular weight is 738 g/mol. The number of carboxylic acids is 1. The molecule has 3 aromatic carbocycles. The highest BCUT2D eigenvalue weighted by Crippen LogP contribution is 2.20. The van der Waals surface area contributed by atoms with Gasteiger partial charge in [-0.2, -0.15) is 0 Å². The van der Waals surface area contributed by atoms with Gasteiger partial charge < -0.3 is 42.0 Å². The third-order valence-electron chi connectivity index (χ3n) is 8.96. The Balaban J connectivity index is 1.49. The Kier molecular flexibility index (Phi) is 13.1. The van der Waals surface area contributed by atoms with Crippen molar-refractivity contribution in [1.29, 1.82) is 0 Å². The maximum absolute atomic E-state index is 14.2. The topological polar surface area (TPSA) is 228 Å². The summed E-state index contributed by atoms with van der Waals surface area (Å²) in [5.74, 6) is -5.83. The fourth-order valence-corrected chi connectivity index (χ4v) is 6.33. The molecule has 0 saturated carbocycles. The second kappa shape index (κ2) is 18.3. The molecule has 282 valence electrons. The number of rotatable bonds is 11. The molecule has 1 aliphatic rings. The zero-order valence-electron chi connectivity index (χ0n) is 29.6. The number of hydrogen-bond acceptors (Lipinski definition) is 7. The highest BCUT2D eigenvalue weighted by molar-refractivity contribution is 5.97. The lowest BCUT2D eigenvalue weighted by molar-refractivity contribution is -0.141. The van der Waals surface area contributed by atoms with E-state index in [9.17, 15) is 38.7 Å². The first kappa shape index (κ1) is 38.7. The molecule has 1 fully saturated rings. The Morgan fingerprint density at radius 2 is 1.37 bits per heavy atom. The quantitative estimate of drug-likeness (QED) is 0.109. The van der Waals surface area contributed by atoms with Crippen molar-refractivity contribution in [2.24, 2.45) is 0 Å². The smallest absolute Gasteiger partial charge is 0.305 e. The first-order valence-electron chi connectivity index (χ1n) is 17.5. The van der Waals surface area contributed by atoms with Crippen LogP contribution in [0.5, 0.6) is 0 Å². The van der Waals surface area contributed by atoms with Crippen LogP contribution in [0, 0.1) is 0 Å². The van der Waals surface area contributed by atoms with Gasteiger partial charge in [-0.05, 0) is 29.2 Å². The number of amides is 6. The summed E-state index contributed by atoms with van der Waals surface area (Å²) in [5.41, 5.74) is 3.13. The van der Waals surface area contributed by atoms with Crippen LogP contribution in [-0.2, 0) is 52.8 Å². The van der Waals surface area contributed by atoms with E-state index in [1.807, 2.05) is 84.9 Å². The minimum absolute atomic E-state index is 0.00430. The van der Waals surface area contributed by atoms with Gasteiger partial charge in [-0.3, -0.25) is 33.6 Å². The number of para-hydroxylation sites is 1. The molecule has 1 aromatic heterocycles. The second-order valence-electron chi connectivity index (χ2n) is 13.2. The van der Waals surface area contributed by atoms with E-state index < -0.39 is 84.5 Å². The van der Waals surface area contributed by atoms with E-state index in [1.165, 1.54) is 0 Å². The SMILES string of the molecule is CC(=O)N[C@@H](CC(=O)O)C(=O)N[C@@H]1CC(=O)N[C@@H](Cc2c[nH]c3ccccc23)C(=O)N[C@@H](Cc2ccccc2)C(=O)N[C@H](Cc2ccccc2)CNC1=O. The number of benzene rings is 3. The number of nitrogens with one attached hydrogen (secondary N) is 7. The van der Waals surface area contributed by atoms with E-state index in [0.29, 0.717) is 5.56 Å². The van der Waals surface area contributed by atoms with Crippen LogP contribution in [0.2, 0.25) is 0 Å². The van der Waals surface area contributed by atoms with E-state index in [4.69, 9.17) is 0 Å². The molecule has 54 heavy (non-hydrogen) atoms. The van der Waals surface area contributed by atoms with Crippen LogP contribution in [0.3, 0.4) is 0 Å². The van der Waals surface area contributed by atoms with Gasteiger partial charge >= 0.3 is 5.97 Å². The van der Waals surface area contributed by atoms with Gasteiger partial charge in [0.1, 0.15) is 24.2 Å². The standard InChI is InChI=1S/C39H43N7O8/c1-23(47)42-33(20-35(49)50)39(54)46-32-19-34(48)44-31(18-26-21-40-29-15-9-8-14-28(26)29)38(53)45-30(17-25-12-6-3-7-13-25)37(52)43-27(22-41-36(32)51)16-24-10-4-2-5-11-24/h2-15,21,27,30-33,40H,16-20,22H2,1H3,(H,41,51)(H,42,47)(H,43,52)(H,44,48)(H,45,53)(H,46,54)(H,49,50)/t27-,30+,31+,32-,33+/m1/s1. The van der Waals surface area contributed by atoms with Crippen molar-refractivity contribution in [3.05, 3.63) is 108 Å². The molecular weight excluding hydrogens is 694 g/mol. The summed E-state index contributed by atoms with van der Waals surface area (Å²) in [6.07, 6.45) is 0.717. The molecule has 8 N–H and O–H groups in total. The molecule has 0 aliphatic carbocycles. The van der Waals surface area contributed by atoms with Crippen molar-refractivity contribution in [1.82, 2.24) is 36.9 Å². The first-order chi connectivity index (χ1) is 25.9. The van der Waals surface area contributed by atoms with Crippen molar-refractivity contribution in [2.75, 3.05) is 6.54 Å². The number of H-pyrrole nitrogens is 1. The van der Waals surface area contributed by atoms with Crippen molar-refractivity contribution in [3.8, 4) is 0 Å². The lowest BCUT2D eigenvalue weighted by atomic mass is 10.00. The molecular formula is C39H43N7O8. The van der Waals surface area contributed by atoms with Gasteiger partial charge in [0.25, 0.3) is 0 Å². The van der Waals surface area contributed by atoms with E-state index in [-0.39, 0.29) is 25.8 Å². The van der Waals surface area contributed by atoms with Crippen molar-refractivity contribution in [2.45, 2.75) is 69.2 Å². The molecule has 0 radical (unpaired) electrons. The molecule has 5 atom stereocenters. The van der Waals surface area contributed by atoms with E-state index >= 15 is 0 Å². The fraction of sp³-hybridized carbons (Fsp3) is 0.308. The second-order valence-corrected chi connectivity index (χ2v) is 13.2. The molecule has 15 heteroatoms. The minimum atomic E-state index is -1.55. The van der Waals surface area contributed by atoms with Gasteiger partial charge in [-0.15, -0.1) is 0 Å². The first-order valence-corrected chi connectivity index (χ1v) is 17.5. The maximum Gasteiger partial charge on any atom is 0.305 e. The van der Waals surface area contributed by atoms with Gasteiger partial charge in [0.15, 0.2) is 0 Å². The van der Waals surface area contributed by atoms with E-state index in [2.05, 4.69) is 36.9 Å². The zero-order chi connectivity index (χ0) is 38.6. The van der Waals surface area contributed by atoms with Crippen molar-refractivity contribution >= 4 is 52.3 Å². The van der Waals surface area contributed by atoms with Gasteiger partial charge in [0, 0.05) is 43.4 Å². The summed E-state index contributed by atoms with van der Waals surface area (Å²) in [6.45, 7) is 0.973. The highest BCUT2D eigenvalue weighted by Gasteiger charge is 2.34. The Labute approximate surface area is 311 Å². The summed E-state index contributed by atoms with van der Waals surface area (Å²) in [4.78, 5) is 95.4. The Bertz CT molecular complexity index is 1970. The molecule has 15 nitrogen and oxygen atoms in total. The lowest BCUT2D eigenvalue weighted by Gasteiger charge is -2.28. The third kappa shape index (κ3) is 11.0. The minimum Gasteiger partial charge on any atom is -0.481 e. The van der Waals surface area contributed by atoms with Crippen LogP contribution in [0.25, 0.3) is 10.9 Å². The Morgan fingerprint density at radius 3 is 2.04 bits per heavy atom. The average Bonchev–Trinajstić information content (AvgIpc) is 3.55. The van der Waals surface area contributed by atoms with Crippen molar-refractivity contribution in [3.63, 3.8) is 0 Å². The molecule has 1 saturated heterocycles. The van der Waals surface area contributed by atoms with E-state index in [0.717, 1.165) is 29.0 Å². The van der Waals surface area contributed by atoms with Gasteiger partial charge in [0.2, 0.25) is 35.4 Å². The fourth-order valence-electron chi connectivity index (χ4n) is 6.33. The molecule has 0 unspecified atom stereocenters. The molecule has 5 rings (SSSR count). The van der Waals surface area contributed by atoms with Crippen LogP contribution < -0.4 is 31.9 Å². The van der Waals surface area contributed by atoms with Crippen molar-refractivity contribution < 1.29 is 38.7 Å². The van der Waals surface area contributed by atoms with Crippen LogP contribution in [0.4, 0.5) is 0 Å². The number of fused-ring (bicyclic) bond motifs is 1. The number of carbonyl (C=O) groups is 7. The number of aromatic nitrogens is 1. The van der Waals surface area contributed by atoms with Crippen LogP contribution in [-0.4, -0.2) is 88.3 Å². The molecule has 4 aromatic rings. The van der Waals surface area contributed by atoms with Crippen LogP contribution in [0.1, 0.15) is 36.5 Å².